The Morgan fingerprint density at radius 1 is 1.57 bits per heavy atom. The molecule has 2 rings (SSSR count). The SMILES string of the molecule is O=C(Cl)OC[C@H]1[C@H]2C[C@H]2CN1C(=O)O. The van der Waals surface area contributed by atoms with Crippen molar-refractivity contribution in [3.8, 4) is 0 Å². The van der Waals surface area contributed by atoms with Gasteiger partial charge in [0, 0.05) is 18.1 Å². The highest BCUT2D eigenvalue weighted by molar-refractivity contribution is 6.61. The molecule has 1 N–H and O–H groups in total. The first-order chi connectivity index (χ1) is 6.59. The van der Waals surface area contributed by atoms with Crippen LogP contribution in [0.4, 0.5) is 9.59 Å². The second-order valence-corrected chi connectivity index (χ2v) is 4.02. The Hall–Kier alpha value is -0.970. The van der Waals surface area contributed by atoms with Crippen molar-refractivity contribution >= 4 is 23.1 Å². The minimum atomic E-state index is -0.951. The van der Waals surface area contributed by atoms with Gasteiger partial charge in [-0.1, -0.05) is 0 Å². The summed E-state index contributed by atoms with van der Waals surface area (Å²) >= 11 is 5.02. The van der Waals surface area contributed by atoms with Gasteiger partial charge in [-0.2, -0.15) is 0 Å². The van der Waals surface area contributed by atoms with Gasteiger partial charge in [-0.3, -0.25) is 0 Å². The fraction of sp³-hybridized carbons (Fsp3) is 0.750. The third-order valence-corrected chi connectivity index (χ3v) is 3.03. The number of carbonyl (C=O) groups is 2. The smallest absolute Gasteiger partial charge is 0.407 e. The van der Waals surface area contributed by atoms with Crippen molar-refractivity contribution in [2.24, 2.45) is 11.8 Å². The van der Waals surface area contributed by atoms with Crippen molar-refractivity contribution in [1.29, 1.82) is 0 Å². The Bertz CT molecular complexity index is 283. The number of carboxylic acid groups (broad SMARTS) is 1. The molecule has 1 saturated heterocycles. The maximum Gasteiger partial charge on any atom is 0.407 e. The predicted octanol–water partition coefficient (Wildman–Crippen LogP) is 1.36. The van der Waals surface area contributed by atoms with Crippen LogP contribution in [-0.2, 0) is 4.74 Å². The molecule has 1 aliphatic carbocycles. The molecule has 0 aromatic carbocycles. The molecule has 1 aliphatic heterocycles. The fourth-order valence-corrected chi connectivity index (χ4v) is 2.22. The highest BCUT2D eigenvalue weighted by Crippen LogP contribution is 2.49. The molecule has 0 radical (unpaired) electrons. The van der Waals surface area contributed by atoms with Crippen LogP contribution in [-0.4, -0.2) is 40.7 Å². The number of hydrogen-bond donors (Lipinski definition) is 1. The molecular weight excluding hydrogens is 210 g/mol. The number of piperidine rings is 1. The molecular formula is C8H10ClNO4. The topological polar surface area (TPSA) is 66.8 Å². The Kier molecular flexibility index (Phi) is 2.26. The first-order valence-electron chi connectivity index (χ1n) is 4.41. The van der Waals surface area contributed by atoms with Crippen LogP contribution in [0.25, 0.3) is 0 Å². The highest BCUT2D eigenvalue weighted by Gasteiger charge is 2.54. The molecule has 0 aromatic heterocycles. The van der Waals surface area contributed by atoms with Gasteiger partial charge in [0.25, 0.3) is 0 Å². The molecule has 2 fully saturated rings. The molecule has 5 nitrogen and oxygen atoms in total. The summed E-state index contributed by atoms with van der Waals surface area (Å²) in [5.74, 6) is 0.826. The first kappa shape index (κ1) is 9.58. The van der Waals surface area contributed by atoms with E-state index in [2.05, 4.69) is 4.74 Å². The number of fused-ring (bicyclic) bond motifs is 1. The molecule has 78 valence electrons. The van der Waals surface area contributed by atoms with Crippen LogP contribution in [0.1, 0.15) is 6.42 Å². The maximum atomic E-state index is 10.8. The van der Waals surface area contributed by atoms with Crippen molar-refractivity contribution in [2.45, 2.75) is 12.5 Å². The molecule has 3 atom stereocenters. The fourth-order valence-electron chi connectivity index (χ4n) is 2.16. The van der Waals surface area contributed by atoms with E-state index in [4.69, 9.17) is 16.7 Å². The zero-order valence-electron chi connectivity index (χ0n) is 7.35. The van der Waals surface area contributed by atoms with Crippen molar-refractivity contribution in [2.75, 3.05) is 13.2 Å². The minimum Gasteiger partial charge on any atom is -0.465 e. The van der Waals surface area contributed by atoms with Gasteiger partial charge in [-0.15, -0.1) is 0 Å². The van der Waals surface area contributed by atoms with Crippen molar-refractivity contribution in [1.82, 2.24) is 4.90 Å². The van der Waals surface area contributed by atoms with E-state index in [1.807, 2.05) is 0 Å². The van der Waals surface area contributed by atoms with Crippen LogP contribution in [0.2, 0.25) is 0 Å². The van der Waals surface area contributed by atoms with E-state index in [-0.39, 0.29) is 12.6 Å². The lowest BCUT2D eigenvalue weighted by atomic mass is 10.2. The summed E-state index contributed by atoms with van der Waals surface area (Å²) in [4.78, 5) is 22.5. The zero-order chi connectivity index (χ0) is 10.3. The number of halogens is 1. The van der Waals surface area contributed by atoms with Gasteiger partial charge in [0.1, 0.15) is 6.61 Å². The second-order valence-electron chi connectivity index (χ2n) is 3.71. The van der Waals surface area contributed by atoms with Crippen LogP contribution in [0, 0.1) is 11.8 Å². The summed E-state index contributed by atoms with van der Waals surface area (Å²) in [5.41, 5.74) is -0.876. The van der Waals surface area contributed by atoms with Gasteiger partial charge < -0.3 is 14.7 Å². The number of hydrogen-bond acceptors (Lipinski definition) is 3. The lowest BCUT2D eigenvalue weighted by molar-refractivity contribution is 0.0964. The number of likely N-dealkylation sites (tertiary alicyclic amines) is 1. The molecule has 0 unspecified atom stereocenters. The molecule has 6 heteroatoms. The third kappa shape index (κ3) is 1.64. The van der Waals surface area contributed by atoms with E-state index < -0.39 is 11.5 Å². The van der Waals surface area contributed by atoms with Crippen molar-refractivity contribution < 1.29 is 19.4 Å². The summed E-state index contributed by atoms with van der Waals surface area (Å²) in [6.07, 6.45) is 0.0849. The Morgan fingerprint density at radius 3 is 2.86 bits per heavy atom. The molecule has 1 amide bonds. The van der Waals surface area contributed by atoms with E-state index in [9.17, 15) is 9.59 Å². The Labute approximate surface area is 85.6 Å². The normalized spacial score (nSPS) is 33.8. The van der Waals surface area contributed by atoms with E-state index in [1.54, 1.807) is 0 Å². The van der Waals surface area contributed by atoms with Crippen molar-refractivity contribution in [3.05, 3.63) is 0 Å². The van der Waals surface area contributed by atoms with Gasteiger partial charge in [0.05, 0.1) is 6.04 Å². The zero-order valence-corrected chi connectivity index (χ0v) is 8.11. The summed E-state index contributed by atoms with van der Waals surface area (Å²) < 4.78 is 4.62. The number of carbonyl (C=O) groups excluding carboxylic acids is 1. The minimum absolute atomic E-state index is 0.0792. The summed E-state index contributed by atoms with van der Waals surface area (Å²) in [7, 11) is 0. The number of rotatable bonds is 2. The molecule has 1 heterocycles. The lowest BCUT2D eigenvalue weighted by Gasteiger charge is -2.23. The number of ether oxygens (including phenoxy) is 1. The summed E-state index contributed by atoms with van der Waals surface area (Å²) in [6.45, 7) is 0.639. The monoisotopic (exact) mass is 219 g/mol. The standard InChI is InChI=1S/C8H10ClNO4/c9-7(11)14-3-6-5-1-4(5)2-10(6)8(12)13/h4-6H,1-3H2,(H,12,13)/t4-,5-,6-/m0/s1. The van der Waals surface area contributed by atoms with Gasteiger partial charge in [0.2, 0.25) is 0 Å². The Balaban J connectivity index is 1.93. The lowest BCUT2D eigenvalue weighted by Crippen LogP contribution is -2.40. The van der Waals surface area contributed by atoms with Crippen LogP contribution in [0.3, 0.4) is 0 Å². The quantitative estimate of drug-likeness (QED) is 0.712. The predicted molar refractivity (Wildman–Crippen MR) is 47.3 cm³/mol. The van der Waals surface area contributed by atoms with Crippen molar-refractivity contribution in [3.63, 3.8) is 0 Å². The first-order valence-corrected chi connectivity index (χ1v) is 4.79. The maximum absolute atomic E-state index is 10.8. The van der Waals surface area contributed by atoms with E-state index >= 15 is 0 Å². The highest BCUT2D eigenvalue weighted by atomic mass is 35.5. The molecule has 1 saturated carbocycles. The summed E-state index contributed by atoms with van der Waals surface area (Å²) in [5, 5.41) is 8.84. The average Bonchev–Trinajstić information content (AvgIpc) is 2.76. The summed E-state index contributed by atoms with van der Waals surface area (Å²) in [6, 6.07) is -0.194. The number of amides is 1. The van der Waals surface area contributed by atoms with Crippen LogP contribution in [0.5, 0.6) is 0 Å². The average molecular weight is 220 g/mol. The van der Waals surface area contributed by atoms with E-state index in [1.165, 1.54) is 4.90 Å². The van der Waals surface area contributed by atoms with Crippen LogP contribution < -0.4 is 0 Å². The van der Waals surface area contributed by atoms with Gasteiger partial charge >= 0.3 is 11.5 Å². The molecule has 14 heavy (non-hydrogen) atoms. The molecule has 0 bridgehead atoms. The molecule has 0 aromatic rings. The Morgan fingerprint density at radius 2 is 2.29 bits per heavy atom. The van der Waals surface area contributed by atoms with Crippen LogP contribution >= 0.6 is 11.6 Å². The van der Waals surface area contributed by atoms with E-state index in [0.717, 1.165) is 6.42 Å². The van der Waals surface area contributed by atoms with Crippen LogP contribution in [0.15, 0.2) is 0 Å². The van der Waals surface area contributed by atoms with Gasteiger partial charge in [0.15, 0.2) is 0 Å². The van der Waals surface area contributed by atoms with Gasteiger partial charge in [-0.05, 0) is 18.3 Å². The second kappa shape index (κ2) is 3.31. The van der Waals surface area contributed by atoms with E-state index in [0.29, 0.717) is 18.4 Å². The van der Waals surface area contributed by atoms with Gasteiger partial charge in [-0.25, -0.2) is 9.59 Å². The molecule has 2 aliphatic rings. The largest absolute Gasteiger partial charge is 0.465 e. The third-order valence-electron chi connectivity index (χ3n) is 2.92. The molecule has 0 spiro atoms. The number of nitrogens with zero attached hydrogens (tertiary/aromatic N) is 1.